The predicted octanol–water partition coefficient (Wildman–Crippen LogP) is 5.69. The molecule has 0 bridgehead atoms. The maximum Gasteiger partial charge on any atom is 0.329 e. The Morgan fingerprint density at radius 2 is 0.695 bits per heavy atom. The number of amides is 3. The summed E-state index contributed by atoms with van der Waals surface area (Å²) in [7, 11) is 4.36. The van der Waals surface area contributed by atoms with Gasteiger partial charge in [0, 0.05) is 52.2 Å². The zero-order chi connectivity index (χ0) is 43.4. The van der Waals surface area contributed by atoms with Crippen LogP contribution in [0.2, 0.25) is 0 Å². The zero-order valence-electron chi connectivity index (χ0n) is 35.9. The summed E-state index contributed by atoms with van der Waals surface area (Å²) in [5.74, 6) is -5.99. The first-order valence-corrected chi connectivity index (χ1v) is 20.6. The van der Waals surface area contributed by atoms with Crippen LogP contribution in [0.1, 0.15) is 71.1 Å². The number of esters is 3. The molecule has 0 aromatic heterocycles. The number of carbonyl (C=O) groups is 6. The van der Waals surface area contributed by atoms with Gasteiger partial charge in [-0.1, -0.05) is 133 Å². The molecular weight excluding hydrogens is 751 g/mol. The van der Waals surface area contributed by atoms with E-state index in [1.54, 1.807) is 27.7 Å². The van der Waals surface area contributed by atoms with E-state index >= 15 is 0 Å². The number of hydrogen-bond donors (Lipinski definition) is 0. The molecule has 8 atom stereocenters. The summed E-state index contributed by atoms with van der Waals surface area (Å²) >= 11 is 0. The van der Waals surface area contributed by atoms with Crippen LogP contribution in [-0.4, -0.2) is 108 Å². The molecule has 59 heavy (non-hydrogen) atoms. The van der Waals surface area contributed by atoms with Gasteiger partial charge in [-0.3, -0.25) is 14.4 Å². The third-order valence-electron chi connectivity index (χ3n) is 11.5. The Hall–Kier alpha value is -5.52. The highest BCUT2D eigenvalue weighted by Crippen LogP contribution is 2.25. The normalized spacial score (nSPS) is 24.2. The lowest BCUT2D eigenvalue weighted by molar-refractivity contribution is -0.180. The van der Waals surface area contributed by atoms with Crippen molar-refractivity contribution in [2.75, 3.05) is 21.1 Å². The average molecular weight is 812 g/mol. The molecule has 1 heterocycles. The van der Waals surface area contributed by atoms with Crippen LogP contribution < -0.4 is 0 Å². The van der Waals surface area contributed by atoms with Gasteiger partial charge in [0.2, 0.25) is 0 Å². The number of hydrogen-bond acceptors (Lipinski definition) is 9. The Labute approximate surface area is 349 Å². The van der Waals surface area contributed by atoms with Gasteiger partial charge in [-0.2, -0.15) is 0 Å². The first-order valence-electron chi connectivity index (χ1n) is 20.6. The first-order chi connectivity index (χ1) is 28.1. The number of rotatable bonds is 11. The minimum atomic E-state index is -1.36. The summed E-state index contributed by atoms with van der Waals surface area (Å²) in [5.41, 5.74) is 2.18. The lowest BCUT2D eigenvalue weighted by Gasteiger charge is -2.37. The van der Waals surface area contributed by atoms with Crippen molar-refractivity contribution in [2.24, 2.45) is 17.8 Å². The Morgan fingerprint density at radius 1 is 0.441 bits per heavy atom. The number of cyclic esters (lactones) is 3. The highest BCUT2D eigenvalue weighted by Gasteiger charge is 2.44. The fraction of sp³-hybridized carbons (Fsp3) is 0.489. The monoisotopic (exact) mass is 811 g/mol. The predicted molar refractivity (Wildman–Crippen MR) is 223 cm³/mol. The van der Waals surface area contributed by atoms with Gasteiger partial charge >= 0.3 is 17.9 Å². The van der Waals surface area contributed by atoms with Crippen LogP contribution in [0, 0.1) is 17.8 Å². The maximum atomic E-state index is 14.7. The molecular formula is C47H61N3O9. The van der Waals surface area contributed by atoms with E-state index in [4.69, 9.17) is 14.2 Å². The van der Waals surface area contributed by atoms with Crippen LogP contribution in [0.4, 0.5) is 0 Å². The number of ether oxygens (including phenoxy) is 3. The lowest BCUT2D eigenvalue weighted by Crippen LogP contribution is -2.57. The van der Waals surface area contributed by atoms with Crippen molar-refractivity contribution >= 4 is 35.6 Å². The van der Waals surface area contributed by atoms with Crippen LogP contribution in [0.3, 0.4) is 0 Å². The molecule has 0 saturated carbocycles. The van der Waals surface area contributed by atoms with Crippen molar-refractivity contribution in [3.8, 4) is 0 Å². The Morgan fingerprint density at radius 3 is 0.949 bits per heavy atom. The molecule has 8 unspecified atom stereocenters. The van der Waals surface area contributed by atoms with E-state index in [0.717, 1.165) is 16.7 Å². The summed E-state index contributed by atoms with van der Waals surface area (Å²) in [6.07, 6.45) is -3.07. The Balaban J connectivity index is 1.91. The molecule has 4 rings (SSSR count). The molecule has 1 saturated heterocycles. The second kappa shape index (κ2) is 21.5. The van der Waals surface area contributed by atoms with E-state index in [1.165, 1.54) is 35.8 Å². The van der Waals surface area contributed by atoms with Gasteiger partial charge in [0.05, 0.1) is 0 Å². The van der Waals surface area contributed by atoms with Crippen molar-refractivity contribution in [1.82, 2.24) is 14.7 Å². The van der Waals surface area contributed by atoms with Gasteiger partial charge in [0.25, 0.3) is 17.7 Å². The molecule has 318 valence electrons. The third kappa shape index (κ3) is 11.8. The maximum absolute atomic E-state index is 14.7. The molecule has 3 aromatic rings. The molecule has 0 N–H and O–H groups in total. The van der Waals surface area contributed by atoms with Crippen molar-refractivity contribution in [1.29, 1.82) is 0 Å². The molecule has 12 nitrogen and oxygen atoms in total. The fourth-order valence-electron chi connectivity index (χ4n) is 7.04. The summed E-state index contributed by atoms with van der Waals surface area (Å²) < 4.78 is 18.3. The minimum absolute atomic E-state index is 0.0335. The summed E-state index contributed by atoms with van der Waals surface area (Å²) in [6, 6.07) is 23.6. The van der Waals surface area contributed by atoms with Crippen molar-refractivity contribution in [3.63, 3.8) is 0 Å². The molecule has 12 heteroatoms. The largest absolute Gasteiger partial charge is 0.450 e. The van der Waals surface area contributed by atoms with E-state index in [0.29, 0.717) is 12.8 Å². The number of benzene rings is 3. The van der Waals surface area contributed by atoms with Crippen molar-refractivity contribution in [2.45, 2.75) is 110 Å². The number of likely N-dealkylation sites (N-methyl/N-ethyl adjacent to an activating group) is 3. The second-order valence-electron chi connectivity index (χ2n) is 16.1. The molecule has 1 fully saturated rings. The first kappa shape index (κ1) is 46.2. The Bertz CT molecular complexity index is 1830. The van der Waals surface area contributed by atoms with Gasteiger partial charge in [-0.25, -0.2) is 14.4 Å². The zero-order valence-corrected chi connectivity index (χ0v) is 35.9. The Kier molecular flexibility index (Phi) is 16.8. The van der Waals surface area contributed by atoms with Crippen LogP contribution in [0.15, 0.2) is 91.0 Å². The van der Waals surface area contributed by atoms with Crippen LogP contribution in [-0.2, 0) is 62.2 Å². The van der Waals surface area contributed by atoms with E-state index in [9.17, 15) is 28.8 Å². The van der Waals surface area contributed by atoms with Crippen molar-refractivity contribution < 1.29 is 43.0 Å². The standard InChI is InChI=1S/C47H61N3O9/c1-10-31(5)40-43(52)49(8)36(27-33-21-15-12-16-22-33)45(54)57-39(30(3)4)42(51)48(7)37(28-34-23-17-13-18-24-34)46(55)58-41(32(6)11-2)44(53)50(9)38(47(56)59-40)29-35-25-19-14-20-26-35/h12-26,30-32,36-41H,10-11,27-29H2,1-9H3. The summed E-state index contributed by atoms with van der Waals surface area (Å²) in [6.45, 7) is 10.7. The van der Waals surface area contributed by atoms with E-state index in [2.05, 4.69) is 0 Å². The van der Waals surface area contributed by atoms with Crippen LogP contribution in [0.25, 0.3) is 0 Å². The third-order valence-corrected chi connectivity index (χ3v) is 11.5. The summed E-state index contributed by atoms with van der Waals surface area (Å²) in [5, 5.41) is 0. The molecule has 1 aliphatic heterocycles. The molecule has 0 radical (unpaired) electrons. The van der Waals surface area contributed by atoms with E-state index in [-0.39, 0.29) is 19.3 Å². The fourth-order valence-corrected chi connectivity index (χ4v) is 7.04. The number of nitrogens with zero attached hydrogens (tertiary/aromatic N) is 3. The smallest absolute Gasteiger partial charge is 0.329 e. The van der Waals surface area contributed by atoms with E-state index < -0.39 is 89.8 Å². The molecule has 1 aliphatic rings. The quantitative estimate of drug-likeness (QED) is 0.177. The van der Waals surface area contributed by atoms with Gasteiger partial charge in [-0.05, 0) is 35.4 Å². The van der Waals surface area contributed by atoms with Crippen LogP contribution in [0.5, 0.6) is 0 Å². The van der Waals surface area contributed by atoms with Gasteiger partial charge in [0.1, 0.15) is 18.1 Å². The minimum Gasteiger partial charge on any atom is -0.450 e. The molecule has 3 amide bonds. The molecule has 0 spiro atoms. The highest BCUT2D eigenvalue weighted by atomic mass is 16.6. The SMILES string of the molecule is CCC(C)C1OC(=O)C(Cc2ccccc2)N(C)C(=O)C(C(C)C)OC(=O)C(Cc2ccccc2)N(C)C(=O)C(C(C)CC)OC(=O)C(Cc2ccccc2)N(C)C1=O. The highest BCUT2D eigenvalue weighted by molar-refractivity contribution is 5.94. The van der Waals surface area contributed by atoms with Gasteiger partial charge < -0.3 is 28.9 Å². The average Bonchev–Trinajstić information content (AvgIpc) is 3.25. The number of carbonyl (C=O) groups excluding carboxylic acids is 6. The van der Waals surface area contributed by atoms with Gasteiger partial charge in [0.15, 0.2) is 18.3 Å². The molecule has 0 aliphatic carbocycles. The lowest BCUT2D eigenvalue weighted by atomic mass is 9.97. The van der Waals surface area contributed by atoms with Crippen LogP contribution >= 0.6 is 0 Å². The second-order valence-corrected chi connectivity index (χ2v) is 16.1. The van der Waals surface area contributed by atoms with E-state index in [1.807, 2.05) is 105 Å². The van der Waals surface area contributed by atoms with Crippen molar-refractivity contribution in [3.05, 3.63) is 108 Å². The topological polar surface area (TPSA) is 140 Å². The van der Waals surface area contributed by atoms with Gasteiger partial charge in [-0.15, -0.1) is 0 Å². The summed E-state index contributed by atoms with van der Waals surface area (Å²) in [4.78, 5) is 90.9. The molecule has 3 aromatic carbocycles.